The maximum Gasteiger partial charge on any atom is 0.143 e. The summed E-state index contributed by atoms with van der Waals surface area (Å²) in [5.41, 5.74) is 48.6. The molecule has 0 fully saturated rings. The van der Waals surface area contributed by atoms with Crippen molar-refractivity contribution in [3.63, 3.8) is 0 Å². The van der Waals surface area contributed by atoms with Crippen molar-refractivity contribution in [2.45, 2.75) is 0 Å². The molecule has 1 aromatic heterocycles. The average molecular weight is 928 g/mol. The summed E-state index contributed by atoms with van der Waals surface area (Å²) < 4.78 is 7.28. The van der Waals surface area contributed by atoms with E-state index in [-0.39, 0.29) is 0 Å². The maximum atomic E-state index is 7.28. The summed E-state index contributed by atoms with van der Waals surface area (Å²) in [4.78, 5) is 0. The summed E-state index contributed by atoms with van der Waals surface area (Å²) in [6, 6.07) is 0. The average Bonchev–Trinajstić information content (AvgIpc) is 3.83. The van der Waals surface area contributed by atoms with Crippen LogP contribution in [0.3, 0.4) is 0 Å². The summed E-state index contributed by atoms with van der Waals surface area (Å²) in [5.74, 6) is 0. The monoisotopic (exact) mass is 933 g/mol. The van der Waals surface area contributed by atoms with Crippen LogP contribution in [0.4, 0.5) is 0 Å². The standard InChI is InChI=1S/C46H56B28O/c47-17-13(27(57)28(58)15-14(17)29(59)38(68)39(69)30(15)60)11-10-9(25(55)36(66)37(67)26(10)56)7(18(48)19(11)49)1-3-5(22(52)34(64)32(62)20(3)50)2(6-4(1)21(51)33(63)35(65)23(6)53)8-12-16-31(61)40(70)42(72)44(74)46(16)75-45(12)43(73)41(71)24(8)54/h47-74H2. The van der Waals surface area contributed by atoms with Gasteiger partial charge in [-0.05, 0) is 76.5 Å². The molecule has 0 N–H and O–H groups in total. The first-order chi connectivity index (χ1) is 35.0. The maximum absolute atomic E-state index is 7.28. The Morgan fingerprint density at radius 3 is 0.653 bits per heavy atom. The van der Waals surface area contributed by atoms with Gasteiger partial charge in [0.15, 0.2) is 0 Å². The van der Waals surface area contributed by atoms with Crippen molar-refractivity contribution in [2.24, 2.45) is 0 Å². The number of fused-ring (bicyclic) bond motifs is 7. The third-order valence-corrected chi connectivity index (χ3v) is 21.8. The van der Waals surface area contributed by atoms with Crippen LogP contribution in [0.25, 0.3) is 98.4 Å². The second-order valence-corrected chi connectivity index (χ2v) is 24.3. The molecule has 75 heavy (non-hydrogen) atoms. The molecule has 0 radical (unpaired) electrons. The summed E-state index contributed by atoms with van der Waals surface area (Å²) in [6.45, 7) is 0. The van der Waals surface area contributed by atoms with Gasteiger partial charge in [-0.3, -0.25) is 0 Å². The molecule has 10 rings (SSSR count). The van der Waals surface area contributed by atoms with Crippen LogP contribution in [0.15, 0.2) is 4.42 Å². The number of hydrogen-bond acceptors (Lipinski definition) is 1. The predicted molar refractivity (Wildman–Crippen MR) is 429 cm³/mol. The van der Waals surface area contributed by atoms with E-state index in [1.807, 2.05) is 0 Å². The zero-order chi connectivity index (χ0) is 55.3. The number of rotatable bonds is 3. The van der Waals surface area contributed by atoms with E-state index in [9.17, 15) is 0 Å². The van der Waals surface area contributed by atoms with Crippen LogP contribution in [-0.4, -0.2) is 220 Å². The Balaban J connectivity index is 1.56. The second kappa shape index (κ2) is 18.1. The largest absolute Gasteiger partial charge is 0.457 e. The minimum atomic E-state index is 1.02. The van der Waals surface area contributed by atoms with Crippen molar-refractivity contribution in [3.05, 3.63) is 0 Å². The molecule has 0 saturated heterocycles. The first kappa shape index (κ1) is 54.0. The van der Waals surface area contributed by atoms with Gasteiger partial charge in [0.25, 0.3) is 0 Å². The molecule has 0 spiro atoms. The van der Waals surface area contributed by atoms with Crippen LogP contribution in [0.5, 0.6) is 0 Å². The zero-order valence-corrected chi connectivity index (χ0v) is 51.4. The van der Waals surface area contributed by atoms with E-state index < -0.39 is 0 Å². The Kier molecular flexibility index (Phi) is 13.0. The first-order valence-electron chi connectivity index (χ1n) is 27.9. The Labute approximate surface area is 472 Å². The van der Waals surface area contributed by atoms with Crippen molar-refractivity contribution in [1.82, 2.24) is 0 Å². The minimum absolute atomic E-state index is 1.02. The highest BCUT2D eigenvalue weighted by Crippen LogP contribution is 2.44. The molecular formula is C46H56B28O. The molecule has 0 amide bonds. The highest BCUT2D eigenvalue weighted by molar-refractivity contribution is 6.78. The van der Waals surface area contributed by atoms with Gasteiger partial charge in [0.05, 0.1) is 0 Å². The van der Waals surface area contributed by atoms with Gasteiger partial charge in [-0.15, -0.1) is 49.2 Å². The Morgan fingerprint density at radius 1 is 0.120 bits per heavy atom. The molecule has 0 atom stereocenters. The molecule has 1 nitrogen and oxygen atoms in total. The van der Waals surface area contributed by atoms with Crippen LogP contribution in [-0.2, 0) is 0 Å². The quantitative estimate of drug-likeness (QED) is 0.127. The molecule has 10 aromatic rings. The summed E-state index contributed by atoms with van der Waals surface area (Å²) in [5, 5.41) is 13.7. The molecule has 9 aromatic carbocycles. The van der Waals surface area contributed by atoms with Crippen LogP contribution >= 0.6 is 0 Å². The van der Waals surface area contributed by atoms with E-state index in [1.54, 1.807) is 0 Å². The van der Waals surface area contributed by atoms with Gasteiger partial charge in [-0.2, -0.15) is 0 Å². The van der Waals surface area contributed by atoms with Gasteiger partial charge in [0, 0.05) is 10.8 Å². The molecule has 0 aliphatic heterocycles. The lowest BCUT2D eigenvalue weighted by atomic mass is 9.55. The van der Waals surface area contributed by atoms with Crippen molar-refractivity contribution in [3.8, 4) is 33.4 Å². The predicted octanol–water partition coefficient (Wildman–Crippen LogP) is -35.6. The van der Waals surface area contributed by atoms with Gasteiger partial charge in [-0.1, -0.05) is 104 Å². The van der Waals surface area contributed by atoms with Crippen molar-refractivity contribution in [1.29, 1.82) is 0 Å². The Hall–Kier alpha value is -4.36. The molecule has 0 unspecified atom stereocenters. The van der Waals surface area contributed by atoms with E-state index in [2.05, 4.69) is 220 Å². The van der Waals surface area contributed by atoms with Gasteiger partial charge in [0.1, 0.15) is 231 Å². The van der Waals surface area contributed by atoms with E-state index in [1.165, 1.54) is 240 Å². The van der Waals surface area contributed by atoms with Crippen molar-refractivity contribution < 1.29 is 4.42 Å². The second-order valence-electron chi connectivity index (χ2n) is 24.3. The lowest BCUT2D eigenvalue weighted by molar-refractivity contribution is 0.675. The molecule has 0 bridgehead atoms. The van der Waals surface area contributed by atoms with Crippen LogP contribution in [0.2, 0.25) is 0 Å². The molecule has 0 aliphatic rings. The first-order valence-corrected chi connectivity index (χ1v) is 27.9. The normalized spacial score (nSPS) is 11.9. The van der Waals surface area contributed by atoms with Crippen LogP contribution in [0, 0.1) is 0 Å². The van der Waals surface area contributed by atoms with Crippen LogP contribution in [0.1, 0.15) is 0 Å². The fraction of sp³-hybridized carbons (Fsp3) is 0. The third kappa shape index (κ3) is 6.85. The number of benzene rings is 9. The van der Waals surface area contributed by atoms with Gasteiger partial charge in [-0.25, -0.2) is 0 Å². The van der Waals surface area contributed by atoms with E-state index >= 15 is 0 Å². The highest BCUT2D eigenvalue weighted by atomic mass is 16.3. The Morgan fingerprint density at radius 2 is 0.307 bits per heavy atom. The minimum Gasteiger partial charge on any atom is -0.457 e. The molecule has 0 saturated carbocycles. The van der Waals surface area contributed by atoms with Crippen LogP contribution < -0.4 is 153 Å². The van der Waals surface area contributed by atoms with Gasteiger partial charge >= 0.3 is 0 Å². The molecule has 1 heterocycles. The molecule has 0 aliphatic carbocycles. The third-order valence-electron chi connectivity index (χ3n) is 21.8. The van der Waals surface area contributed by atoms with Crippen molar-refractivity contribution >= 4 is 438 Å². The summed E-state index contributed by atoms with van der Waals surface area (Å²) >= 11 is 0. The fourth-order valence-corrected chi connectivity index (χ4v) is 15.0. The summed E-state index contributed by atoms with van der Waals surface area (Å²) in [7, 11) is 66.6. The number of hydrogen-bond donors (Lipinski definition) is 0. The van der Waals surface area contributed by atoms with Crippen molar-refractivity contribution in [2.75, 3.05) is 0 Å². The topological polar surface area (TPSA) is 13.1 Å². The Bertz CT molecular complexity index is 4360. The van der Waals surface area contributed by atoms with E-state index in [4.69, 9.17) is 4.42 Å². The SMILES string of the molecule is Bc1c(B)c(B)c2c(oc3c(B)c(B)c(B)c(-c4c5c(B)c(B)c(B)c(B)c5c(-c5c(B)c(B)c(-c6c(B)c(B)c7c(B)c(B)c(B)c(B)c7c6B)c6c(B)c(B)c(B)c(B)c56)c5c(B)c(B)c(B)c(B)c45)c32)c1B. The van der Waals surface area contributed by atoms with Gasteiger partial charge in [0.2, 0.25) is 0 Å². The molecule has 29 heteroatoms. The van der Waals surface area contributed by atoms with E-state index in [0.29, 0.717) is 0 Å². The zero-order valence-electron chi connectivity index (χ0n) is 51.4. The highest BCUT2D eigenvalue weighted by Gasteiger charge is 2.33. The fourth-order valence-electron chi connectivity index (χ4n) is 15.0. The molecule has 330 valence electrons. The lowest BCUT2D eigenvalue weighted by Crippen LogP contribution is -2.53. The van der Waals surface area contributed by atoms with Gasteiger partial charge < -0.3 is 4.42 Å². The number of furan rings is 1. The smallest absolute Gasteiger partial charge is 0.143 e. The summed E-state index contributed by atoms with van der Waals surface area (Å²) in [6.07, 6.45) is 0. The van der Waals surface area contributed by atoms with E-state index in [0.717, 1.165) is 11.2 Å². The lowest BCUT2D eigenvalue weighted by Gasteiger charge is -2.33. The molecular weight excluding hydrogens is 871 g/mol.